The van der Waals surface area contributed by atoms with Gasteiger partial charge in [-0.25, -0.2) is 4.98 Å². The second-order valence-corrected chi connectivity index (χ2v) is 8.44. The lowest BCUT2D eigenvalue weighted by atomic mass is 10.1. The second-order valence-electron chi connectivity index (χ2n) is 6.51. The van der Waals surface area contributed by atoms with Crippen molar-refractivity contribution >= 4 is 60.5 Å². The Kier molecular flexibility index (Phi) is 5.83. The minimum Gasteiger partial charge on any atom is -0.295 e. The van der Waals surface area contributed by atoms with Gasteiger partial charge in [-0.15, -0.1) is 0 Å². The first-order valence-electron chi connectivity index (χ1n) is 9.12. The lowest BCUT2D eigenvalue weighted by molar-refractivity contribution is 0.0983. The first kappa shape index (κ1) is 20.1. The lowest BCUT2D eigenvalue weighted by Gasteiger charge is -2.14. The Morgan fingerprint density at radius 3 is 2.40 bits per heavy atom. The van der Waals surface area contributed by atoms with Crippen molar-refractivity contribution in [2.24, 2.45) is 5.10 Å². The summed E-state index contributed by atoms with van der Waals surface area (Å²) in [6, 6.07) is 21.9. The lowest BCUT2D eigenvalue weighted by Crippen LogP contribution is -2.25. The van der Waals surface area contributed by atoms with E-state index in [1.54, 1.807) is 30.5 Å². The average Bonchev–Trinajstić information content (AvgIpc) is 3.17. The first-order valence-corrected chi connectivity index (χ1v) is 10.7. The summed E-state index contributed by atoms with van der Waals surface area (Å²) in [4.78, 5) is 29.4. The second kappa shape index (κ2) is 8.69. The van der Waals surface area contributed by atoms with E-state index in [1.807, 2.05) is 48.5 Å². The SMILES string of the molecule is CC(=O)c1ccc(C(=O)N(/N=C/c2ccccc2)c2nc3ccc(Br)cc3s2)cc1. The van der Waals surface area contributed by atoms with Crippen molar-refractivity contribution < 1.29 is 9.59 Å². The van der Waals surface area contributed by atoms with Gasteiger partial charge >= 0.3 is 0 Å². The maximum absolute atomic E-state index is 13.3. The number of carbonyl (C=O) groups is 2. The van der Waals surface area contributed by atoms with E-state index in [-0.39, 0.29) is 11.7 Å². The van der Waals surface area contributed by atoms with E-state index in [1.165, 1.54) is 23.3 Å². The summed E-state index contributed by atoms with van der Waals surface area (Å²) >= 11 is 4.85. The molecule has 0 radical (unpaired) electrons. The molecule has 0 fully saturated rings. The van der Waals surface area contributed by atoms with Crippen LogP contribution in [0.15, 0.2) is 82.4 Å². The molecule has 0 atom stereocenters. The zero-order chi connectivity index (χ0) is 21.1. The molecule has 148 valence electrons. The van der Waals surface area contributed by atoms with Gasteiger partial charge in [0.1, 0.15) is 0 Å². The Hall–Kier alpha value is -3.16. The van der Waals surface area contributed by atoms with Crippen molar-refractivity contribution in [3.05, 3.63) is 94.0 Å². The highest BCUT2D eigenvalue weighted by Gasteiger charge is 2.21. The molecule has 1 amide bonds. The summed E-state index contributed by atoms with van der Waals surface area (Å²) < 4.78 is 1.88. The van der Waals surface area contributed by atoms with Crippen molar-refractivity contribution in [1.82, 2.24) is 4.98 Å². The zero-order valence-electron chi connectivity index (χ0n) is 15.9. The number of hydrogen-bond acceptors (Lipinski definition) is 5. The predicted octanol–water partition coefficient (Wildman–Crippen LogP) is 5.94. The maximum atomic E-state index is 13.3. The van der Waals surface area contributed by atoms with Crippen molar-refractivity contribution in [1.29, 1.82) is 0 Å². The number of Topliss-reactive ketones (excluding diaryl/α,β-unsaturated/α-hetero) is 1. The molecule has 0 N–H and O–H groups in total. The van der Waals surface area contributed by atoms with Crippen LogP contribution >= 0.6 is 27.3 Å². The molecule has 4 aromatic rings. The van der Waals surface area contributed by atoms with Crippen LogP contribution in [0.1, 0.15) is 33.2 Å². The summed E-state index contributed by atoms with van der Waals surface area (Å²) in [5.41, 5.74) is 2.63. The summed E-state index contributed by atoms with van der Waals surface area (Å²) in [7, 11) is 0. The Labute approximate surface area is 185 Å². The van der Waals surface area contributed by atoms with E-state index in [2.05, 4.69) is 26.0 Å². The van der Waals surface area contributed by atoms with E-state index in [0.717, 1.165) is 20.3 Å². The van der Waals surface area contributed by atoms with Crippen LogP contribution in [-0.2, 0) is 0 Å². The number of hydrazone groups is 1. The number of aromatic nitrogens is 1. The predicted molar refractivity (Wildman–Crippen MR) is 125 cm³/mol. The molecule has 4 rings (SSSR count). The van der Waals surface area contributed by atoms with E-state index in [9.17, 15) is 9.59 Å². The molecule has 0 saturated heterocycles. The van der Waals surface area contributed by atoms with E-state index < -0.39 is 0 Å². The number of hydrogen-bond donors (Lipinski definition) is 0. The molecule has 3 aromatic carbocycles. The van der Waals surface area contributed by atoms with Gasteiger partial charge in [-0.2, -0.15) is 10.1 Å². The molecule has 0 spiro atoms. The standard InChI is InChI=1S/C23H16BrN3O2S/c1-15(28)17-7-9-18(10-8-17)22(29)27(25-14-16-5-3-2-4-6-16)23-26-20-12-11-19(24)13-21(20)30-23/h2-14H,1H3/b25-14+. The molecular formula is C23H16BrN3O2S. The number of benzene rings is 3. The van der Waals surface area contributed by atoms with Crippen LogP contribution in [0.5, 0.6) is 0 Å². The highest BCUT2D eigenvalue weighted by atomic mass is 79.9. The minimum atomic E-state index is -0.324. The number of fused-ring (bicyclic) bond motifs is 1. The molecule has 7 heteroatoms. The van der Waals surface area contributed by atoms with Gasteiger partial charge in [-0.1, -0.05) is 69.7 Å². The minimum absolute atomic E-state index is 0.0512. The van der Waals surface area contributed by atoms with E-state index in [0.29, 0.717) is 16.3 Å². The van der Waals surface area contributed by atoms with Gasteiger partial charge < -0.3 is 0 Å². The number of halogens is 1. The van der Waals surface area contributed by atoms with Gasteiger partial charge in [0.05, 0.1) is 16.4 Å². The molecule has 1 aromatic heterocycles. The molecular weight excluding hydrogens is 462 g/mol. The fourth-order valence-electron chi connectivity index (χ4n) is 2.80. The fourth-order valence-corrected chi connectivity index (χ4v) is 4.27. The number of anilines is 1. The Balaban J connectivity index is 1.74. The summed E-state index contributed by atoms with van der Waals surface area (Å²) in [5.74, 6) is -0.375. The third kappa shape index (κ3) is 4.37. The number of nitrogens with zero attached hydrogens (tertiary/aromatic N) is 3. The topological polar surface area (TPSA) is 62.6 Å². The van der Waals surface area contributed by atoms with Crippen LogP contribution in [0.2, 0.25) is 0 Å². The molecule has 0 aliphatic carbocycles. The van der Waals surface area contributed by atoms with Crippen LogP contribution in [0.4, 0.5) is 5.13 Å². The quantitative estimate of drug-likeness (QED) is 0.203. The third-order valence-electron chi connectivity index (χ3n) is 4.37. The maximum Gasteiger partial charge on any atom is 0.280 e. The molecule has 0 unspecified atom stereocenters. The number of amides is 1. The average molecular weight is 478 g/mol. The molecule has 5 nitrogen and oxygen atoms in total. The highest BCUT2D eigenvalue weighted by Crippen LogP contribution is 2.32. The van der Waals surface area contributed by atoms with Crippen molar-refractivity contribution in [2.75, 3.05) is 5.01 Å². The van der Waals surface area contributed by atoms with Gasteiger partial charge in [0, 0.05) is 15.6 Å². The van der Waals surface area contributed by atoms with Crippen LogP contribution in [0.25, 0.3) is 10.2 Å². The Morgan fingerprint density at radius 1 is 1.00 bits per heavy atom. The first-order chi connectivity index (χ1) is 14.5. The van der Waals surface area contributed by atoms with Crippen LogP contribution in [0, 0.1) is 0 Å². The molecule has 1 heterocycles. The molecule has 0 aliphatic heterocycles. The van der Waals surface area contributed by atoms with Crippen LogP contribution in [0.3, 0.4) is 0 Å². The zero-order valence-corrected chi connectivity index (χ0v) is 18.4. The normalized spacial score (nSPS) is 11.1. The van der Waals surface area contributed by atoms with Crippen molar-refractivity contribution in [3.63, 3.8) is 0 Å². The van der Waals surface area contributed by atoms with Gasteiger partial charge in [0.15, 0.2) is 5.78 Å². The third-order valence-corrected chi connectivity index (χ3v) is 5.86. The largest absolute Gasteiger partial charge is 0.295 e. The summed E-state index contributed by atoms with van der Waals surface area (Å²) in [6.07, 6.45) is 1.63. The smallest absolute Gasteiger partial charge is 0.280 e. The van der Waals surface area contributed by atoms with Crippen molar-refractivity contribution in [3.8, 4) is 0 Å². The number of thiazole rings is 1. The van der Waals surface area contributed by atoms with Crippen molar-refractivity contribution in [2.45, 2.75) is 6.92 Å². The number of rotatable bonds is 5. The Bertz CT molecular complexity index is 1250. The number of carbonyl (C=O) groups excluding carboxylic acids is 2. The fraction of sp³-hybridized carbons (Fsp3) is 0.0435. The van der Waals surface area contributed by atoms with E-state index >= 15 is 0 Å². The molecule has 30 heavy (non-hydrogen) atoms. The summed E-state index contributed by atoms with van der Waals surface area (Å²) in [6.45, 7) is 1.49. The summed E-state index contributed by atoms with van der Waals surface area (Å²) in [5, 5.41) is 6.21. The molecule has 0 bridgehead atoms. The highest BCUT2D eigenvalue weighted by molar-refractivity contribution is 9.10. The van der Waals surface area contributed by atoms with Gasteiger partial charge in [0.2, 0.25) is 5.13 Å². The number of ketones is 1. The van der Waals surface area contributed by atoms with Crippen LogP contribution in [-0.4, -0.2) is 22.9 Å². The van der Waals surface area contributed by atoms with E-state index in [4.69, 9.17) is 0 Å². The Morgan fingerprint density at radius 2 is 1.70 bits per heavy atom. The molecule has 0 saturated carbocycles. The van der Waals surface area contributed by atoms with Gasteiger partial charge in [0.25, 0.3) is 5.91 Å². The monoisotopic (exact) mass is 477 g/mol. The van der Waals surface area contributed by atoms with Gasteiger partial charge in [-0.3, -0.25) is 9.59 Å². The van der Waals surface area contributed by atoms with Crippen LogP contribution < -0.4 is 5.01 Å². The molecule has 0 aliphatic rings. The van der Waals surface area contributed by atoms with Gasteiger partial charge in [-0.05, 0) is 42.8 Å².